The largest absolute Gasteiger partial charge is 0.495 e. The zero-order valence-electron chi connectivity index (χ0n) is 9.23. The van der Waals surface area contributed by atoms with Crippen LogP contribution in [-0.4, -0.2) is 23.7 Å². The molecule has 1 rings (SSSR count). The molecule has 1 aromatic heterocycles. The highest BCUT2D eigenvalue weighted by Gasteiger charge is 2.31. The maximum absolute atomic E-state index is 10.3. The normalized spacial score (nSPS) is 14.7. The lowest BCUT2D eigenvalue weighted by Crippen LogP contribution is -2.36. The zero-order valence-corrected chi connectivity index (χ0v) is 9.23. The fraction of sp³-hybridized carbons (Fsp3) is 0.545. The molecule has 0 aliphatic rings. The Hall–Kier alpha value is -1.13. The monoisotopic (exact) mass is 210 g/mol. The smallest absolute Gasteiger partial charge is 0.143 e. The molecular formula is C11H18N2O2. The molecule has 0 radical (unpaired) electrons. The van der Waals surface area contributed by atoms with E-state index < -0.39 is 5.60 Å². The number of nitrogens with two attached hydrogens (primary N) is 1. The van der Waals surface area contributed by atoms with Gasteiger partial charge in [-0.3, -0.25) is 4.98 Å². The predicted molar refractivity (Wildman–Crippen MR) is 58.6 cm³/mol. The molecule has 0 saturated heterocycles. The molecule has 0 aliphatic heterocycles. The highest BCUT2D eigenvalue weighted by molar-refractivity contribution is 5.32. The van der Waals surface area contributed by atoms with Crippen molar-refractivity contribution in [3.8, 4) is 5.75 Å². The van der Waals surface area contributed by atoms with Crippen molar-refractivity contribution in [1.29, 1.82) is 0 Å². The first-order valence-corrected chi connectivity index (χ1v) is 5.10. The van der Waals surface area contributed by atoms with Gasteiger partial charge in [0.15, 0.2) is 0 Å². The molecule has 0 saturated carbocycles. The van der Waals surface area contributed by atoms with Gasteiger partial charge in [0.25, 0.3) is 0 Å². The topological polar surface area (TPSA) is 68.4 Å². The van der Waals surface area contributed by atoms with Crippen molar-refractivity contribution < 1.29 is 9.84 Å². The van der Waals surface area contributed by atoms with Gasteiger partial charge in [-0.05, 0) is 18.6 Å². The molecule has 15 heavy (non-hydrogen) atoms. The average Bonchev–Trinajstić information content (AvgIpc) is 2.29. The fourth-order valence-corrected chi connectivity index (χ4v) is 1.64. The van der Waals surface area contributed by atoms with Crippen molar-refractivity contribution in [2.45, 2.75) is 25.4 Å². The van der Waals surface area contributed by atoms with E-state index in [1.54, 1.807) is 25.4 Å². The second-order valence-electron chi connectivity index (χ2n) is 3.54. The third-order valence-corrected chi connectivity index (χ3v) is 2.43. The number of ether oxygens (including phenoxy) is 1. The number of aliphatic hydroxyl groups is 1. The summed E-state index contributed by atoms with van der Waals surface area (Å²) >= 11 is 0. The molecule has 1 aromatic rings. The number of aromatic nitrogens is 1. The molecule has 0 aromatic carbocycles. The van der Waals surface area contributed by atoms with Gasteiger partial charge in [-0.1, -0.05) is 13.3 Å². The van der Waals surface area contributed by atoms with Crippen molar-refractivity contribution in [2.75, 3.05) is 13.7 Å². The molecule has 3 N–H and O–H groups in total. The van der Waals surface area contributed by atoms with E-state index in [0.29, 0.717) is 17.9 Å². The van der Waals surface area contributed by atoms with Crippen LogP contribution < -0.4 is 10.5 Å². The lowest BCUT2D eigenvalue weighted by molar-refractivity contribution is 0.0290. The summed E-state index contributed by atoms with van der Waals surface area (Å²) < 4.78 is 5.16. The number of rotatable bonds is 5. The van der Waals surface area contributed by atoms with Crippen molar-refractivity contribution >= 4 is 0 Å². The lowest BCUT2D eigenvalue weighted by atomic mass is 9.93. The van der Waals surface area contributed by atoms with Crippen molar-refractivity contribution in [1.82, 2.24) is 4.98 Å². The van der Waals surface area contributed by atoms with Gasteiger partial charge in [-0.2, -0.15) is 0 Å². The van der Waals surface area contributed by atoms with E-state index in [4.69, 9.17) is 10.5 Å². The van der Waals surface area contributed by atoms with E-state index in [9.17, 15) is 5.11 Å². The molecule has 1 atom stereocenters. The predicted octanol–water partition coefficient (Wildman–Crippen LogP) is 1.04. The molecule has 0 amide bonds. The second kappa shape index (κ2) is 5.09. The molecule has 0 aliphatic carbocycles. The van der Waals surface area contributed by atoms with Crippen LogP contribution in [0.1, 0.15) is 25.5 Å². The summed E-state index contributed by atoms with van der Waals surface area (Å²) in [6.45, 7) is 2.14. The highest BCUT2D eigenvalue weighted by atomic mass is 16.5. The van der Waals surface area contributed by atoms with Crippen LogP contribution in [0.4, 0.5) is 0 Å². The van der Waals surface area contributed by atoms with Gasteiger partial charge in [0.05, 0.1) is 7.11 Å². The number of pyridine rings is 1. The van der Waals surface area contributed by atoms with Crippen LogP contribution in [0.3, 0.4) is 0 Å². The van der Waals surface area contributed by atoms with Gasteiger partial charge < -0.3 is 15.6 Å². The van der Waals surface area contributed by atoms with Crippen LogP contribution >= 0.6 is 0 Å². The van der Waals surface area contributed by atoms with Crippen LogP contribution in [0.2, 0.25) is 0 Å². The summed E-state index contributed by atoms with van der Waals surface area (Å²) in [5.74, 6) is 0.582. The molecule has 0 fully saturated rings. The maximum Gasteiger partial charge on any atom is 0.143 e. The summed E-state index contributed by atoms with van der Waals surface area (Å²) in [6.07, 6.45) is 3.05. The van der Waals surface area contributed by atoms with E-state index in [1.165, 1.54) is 0 Å². The van der Waals surface area contributed by atoms with Gasteiger partial charge in [0, 0.05) is 12.7 Å². The van der Waals surface area contributed by atoms with E-state index in [2.05, 4.69) is 4.98 Å². The number of methoxy groups -OCH3 is 1. The Morgan fingerprint density at radius 3 is 2.87 bits per heavy atom. The minimum atomic E-state index is -1.08. The van der Waals surface area contributed by atoms with Crippen LogP contribution in [0.25, 0.3) is 0 Å². The maximum atomic E-state index is 10.3. The summed E-state index contributed by atoms with van der Waals surface area (Å²) in [6, 6.07) is 3.55. The molecule has 4 nitrogen and oxygen atoms in total. The summed E-state index contributed by atoms with van der Waals surface area (Å²) in [7, 11) is 1.56. The fourth-order valence-electron chi connectivity index (χ4n) is 1.64. The van der Waals surface area contributed by atoms with E-state index >= 15 is 0 Å². The van der Waals surface area contributed by atoms with Crippen LogP contribution in [-0.2, 0) is 5.60 Å². The molecule has 1 unspecified atom stereocenters. The number of hydrogen-bond acceptors (Lipinski definition) is 4. The summed E-state index contributed by atoms with van der Waals surface area (Å²) in [4.78, 5) is 4.16. The van der Waals surface area contributed by atoms with Crippen molar-refractivity contribution in [3.05, 3.63) is 24.0 Å². The van der Waals surface area contributed by atoms with E-state index in [1.807, 2.05) is 6.92 Å². The van der Waals surface area contributed by atoms with Gasteiger partial charge >= 0.3 is 0 Å². The van der Waals surface area contributed by atoms with Gasteiger partial charge in [-0.25, -0.2) is 0 Å². The van der Waals surface area contributed by atoms with Crippen molar-refractivity contribution in [3.63, 3.8) is 0 Å². The quantitative estimate of drug-likeness (QED) is 0.761. The zero-order chi connectivity index (χ0) is 11.3. The Labute approximate surface area is 90.1 Å². The first-order valence-electron chi connectivity index (χ1n) is 5.10. The Morgan fingerprint density at radius 1 is 1.60 bits per heavy atom. The molecule has 1 heterocycles. The Morgan fingerprint density at radius 2 is 2.33 bits per heavy atom. The minimum absolute atomic E-state index is 0.147. The summed E-state index contributed by atoms with van der Waals surface area (Å²) in [5, 5.41) is 10.3. The van der Waals surface area contributed by atoms with E-state index in [-0.39, 0.29) is 6.54 Å². The Kier molecular flexibility index (Phi) is 4.05. The standard InChI is InChI=1S/C11H18N2O2/c1-3-6-11(14,8-12)10-9(15-2)5-4-7-13-10/h4-5,7,14H,3,6,8,12H2,1-2H3. The first-order chi connectivity index (χ1) is 7.18. The molecular weight excluding hydrogens is 192 g/mol. The van der Waals surface area contributed by atoms with Crippen LogP contribution in [0.5, 0.6) is 5.75 Å². The number of hydrogen-bond donors (Lipinski definition) is 2. The SMILES string of the molecule is CCCC(O)(CN)c1ncccc1OC. The summed E-state index contributed by atoms with van der Waals surface area (Å²) in [5.41, 5.74) is 5.05. The third-order valence-electron chi connectivity index (χ3n) is 2.43. The number of nitrogens with zero attached hydrogens (tertiary/aromatic N) is 1. The molecule has 0 spiro atoms. The first kappa shape index (κ1) is 11.9. The lowest BCUT2D eigenvalue weighted by Gasteiger charge is -2.26. The van der Waals surface area contributed by atoms with Gasteiger partial charge in [0.1, 0.15) is 17.0 Å². The molecule has 4 heteroatoms. The van der Waals surface area contributed by atoms with Crippen molar-refractivity contribution in [2.24, 2.45) is 5.73 Å². The highest BCUT2D eigenvalue weighted by Crippen LogP contribution is 2.30. The van der Waals surface area contributed by atoms with Crippen LogP contribution in [0.15, 0.2) is 18.3 Å². The third kappa shape index (κ3) is 2.46. The van der Waals surface area contributed by atoms with E-state index in [0.717, 1.165) is 6.42 Å². The minimum Gasteiger partial charge on any atom is -0.495 e. The second-order valence-corrected chi connectivity index (χ2v) is 3.54. The van der Waals surface area contributed by atoms with Gasteiger partial charge in [-0.15, -0.1) is 0 Å². The average molecular weight is 210 g/mol. The molecule has 0 bridgehead atoms. The van der Waals surface area contributed by atoms with Crippen LogP contribution in [0, 0.1) is 0 Å². The Balaban J connectivity index is 3.10. The van der Waals surface area contributed by atoms with Gasteiger partial charge in [0.2, 0.25) is 0 Å². The molecule has 84 valence electrons. The Bertz CT molecular complexity index is 317.